The maximum absolute atomic E-state index is 13.3. The van der Waals surface area contributed by atoms with Gasteiger partial charge in [0.25, 0.3) is 5.88 Å². The second-order valence-corrected chi connectivity index (χ2v) is 7.61. The molecule has 0 aliphatic rings. The first-order valence-electron chi connectivity index (χ1n) is 11.0. The van der Waals surface area contributed by atoms with Gasteiger partial charge in [0.1, 0.15) is 36.5 Å². The number of hydrogen-bond donors (Lipinski definition) is 2. The van der Waals surface area contributed by atoms with Crippen LogP contribution >= 0.6 is 0 Å². The van der Waals surface area contributed by atoms with Gasteiger partial charge in [-0.2, -0.15) is 13.2 Å². The molecular formula is C23H19F3N4O8. The van der Waals surface area contributed by atoms with E-state index < -0.39 is 29.6 Å². The van der Waals surface area contributed by atoms with E-state index in [1.54, 1.807) is 0 Å². The molecule has 200 valence electrons. The van der Waals surface area contributed by atoms with Gasteiger partial charge in [0.05, 0.1) is 17.5 Å². The number of ether oxygens (including phenoxy) is 3. The Morgan fingerprint density at radius 2 is 1.92 bits per heavy atom. The number of halogens is 3. The van der Waals surface area contributed by atoms with E-state index in [9.17, 15) is 27.9 Å². The monoisotopic (exact) mass is 536 g/mol. The minimum absolute atomic E-state index is 0.0286. The van der Waals surface area contributed by atoms with Crippen LogP contribution < -0.4 is 4.74 Å². The molecule has 0 spiro atoms. The Morgan fingerprint density at radius 1 is 1.13 bits per heavy atom. The molecule has 0 radical (unpaired) electrons. The molecule has 12 nitrogen and oxygen atoms in total. The van der Waals surface area contributed by atoms with Crippen molar-refractivity contribution in [2.75, 3.05) is 19.8 Å². The minimum atomic E-state index is -4.75. The highest BCUT2D eigenvalue weighted by atomic mass is 19.4. The van der Waals surface area contributed by atoms with Crippen molar-refractivity contribution in [2.45, 2.75) is 19.0 Å². The Bertz CT molecular complexity index is 1450. The number of benzene rings is 1. The Balaban J connectivity index is 1.45. The van der Waals surface area contributed by atoms with E-state index in [4.69, 9.17) is 19.3 Å². The first-order chi connectivity index (χ1) is 18.2. The molecule has 3 heterocycles. The van der Waals surface area contributed by atoms with Gasteiger partial charge in [-0.15, -0.1) is 0 Å². The number of carbonyl (C=O) groups is 2. The van der Waals surface area contributed by atoms with Crippen LogP contribution in [-0.2, 0) is 20.4 Å². The number of imidazole rings is 1. The summed E-state index contributed by atoms with van der Waals surface area (Å²) >= 11 is 0. The molecule has 4 aromatic rings. The molecular weight excluding hydrogens is 517 g/mol. The molecule has 38 heavy (non-hydrogen) atoms. The average Bonchev–Trinajstić information content (AvgIpc) is 3.53. The molecule has 3 aromatic heterocycles. The normalized spacial score (nSPS) is 11.5. The molecule has 0 atom stereocenters. The van der Waals surface area contributed by atoms with Gasteiger partial charge in [-0.05, 0) is 18.6 Å². The second-order valence-electron chi connectivity index (χ2n) is 7.61. The Hall–Kier alpha value is -4.66. The van der Waals surface area contributed by atoms with Crippen molar-refractivity contribution in [1.82, 2.24) is 19.5 Å². The lowest BCUT2D eigenvalue weighted by molar-refractivity contribution is -0.145. The molecule has 1 aromatic carbocycles. The number of alkyl halides is 3. The predicted molar refractivity (Wildman–Crippen MR) is 119 cm³/mol. The van der Waals surface area contributed by atoms with Gasteiger partial charge in [-0.3, -0.25) is 9.20 Å². The maximum Gasteiger partial charge on any atom is 0.437 e. The van der Waals surface area contributed by atoms with Crippen molar-refractivity contribution in [3.63, 3.8) is 0 Å². The number of hydrogen-bond acceptors (Lipinski definition) is 11. The lowest BCUT2D eigenvalue weighted by Crippen LogP contribution is -2.14. The lowest BCUT2D eigenvalue weighted by Gasteiger charge is -2.10. The standard InChI is InChI=1S/C23H19F3N4O8/c24-23(25,26)19-15(12-37-29-19)16-11-28-20-21(27-5-6-30(16)20)38-13-3-4-14(17(32)10-13)22(34)36-9-8-35-18(33)2-1-7-31/h3-6,10-12,31-32H,1-2,7-9H2. The minimum Gasteiger partial charge on any atom is -0.507 e. The fourth-order valence-electron chi connectivity index (χ4n) is 3.31. The molecule has 0 saturated heterocycles. The van der Waals surface area contributed by atoms with Crippen LogP contribution in [-0.4, -0.2) is 61.5 Å². The highest BCUT2D eigenvalue weighted by molar-refractivity contribution is 5.92. The van der Waals surface area contributed by atoms with E-state index in [0.717, 1.165) is 12.3 Å². The number of rotatable bonds is 10. The quantitative estimate of drug-likeness (QED) is 0.226. The van der Waals surface area contributed by atoms with Crippen LogP contribution in [0.3, 0.4) is 0 Å². The van der Waals surface area contributed by atoms with Crippen LogP contribution in [0.2, 0.25) is 0 Å². The van der Waals surface area contributed by atoms with Crippen molar-refractivity contribution < 1.29 is 51.7 Å². The zero-order valence-corrected chi connectivity index (χ0v) is 19.3. The third-order valence-electron chi connectivity index (χ3n) is 5.03. The van der Waals surface area contributed by atoms with Gasteiger partial charge < -0.3 is 28.9 Å². The molecule has 0 amide bonds. The van der Waals surface area contributed by atoms with E-state index in [2.05, 4.69) is 19.6 Å². The van der Waals surface area contributed by atoms with E-state index >= 15 is 0 Å². The number of aromatic nitrogens is 4. The van der Waals surface area contributed by atoms with Crippen LogP contribution in [0.25, 0.3) is 16.9 Å². The third kappa shape index (κ3) is 5.83. The fraction of sp³-hybridized carbons (Fsp3) is 0.261. The molecule has 4 rings (SSSR count). The average molecular weight is 536 g/mol. The summed E-state index contributed by atoms with van der Waals surface area (Å²) in [6.07, 6.45) is 0.216. The number of fused-ring (bicyclic) bond motifs is 1. The molecule has 0 aliphatic heterocycles. The summed E-state index contributed by atoms with van der Waals surface area (Å²) in [5.74, 6) is -1.96. The molecule has 0 aliphatic carbocycles. The summed E-state index contributed by atoms with van der Waals surface area (Å²) < 4.78 is 61.0. The molecule has 2 N–H and O–H groups in total. The number of aromatic hydroxyl groups is 1. The summed E-state index contributed by atoms with van der Waals surface area (Å²) in [6.45, 7) is -0.597. The maximum atomic E-state index is 13.3. The number of phenolic OH excluding ortho intramolecular Hbond substituents is 1. The number of aliphatic hydroxyl groups excluding tert-OH is 1. The zero-order valence-electron chi connectivity index (χ0n) is 19.3. The molecule has 15 heteroatoms. The first kappa shape index (κ1) is 26.4. The second kappa shape index (κ2) is 11.2. The van der Waals surface area contributed by atoms with Gasteiger partial charge in [0, 0.05) is 31.5 Å². The SMILES string of the molecule is O=C(CCCO)OCCOC(=O)c1ccc(Oc2nccn3c(-c4conc4C(F)(F)F)cnc23)cc1O. The van der Waals surface area contributed by atoms with Crippen molar-refractivity contribution >= 4 is 17.6 Å². The van der Waals surface area contributed by atoms with Gasteiger partial charge in [-0.1, -0.05) is 5.16 Å². The number of carbonyl (C=O) groups excluding carboxylic acids is 2. The Morgan fingerprint density at radius 3 is 2.66 bits per heavy atom. The number of aliphatic hydroxyl groups is 1. The lowest BCUT2D eigenvalue weighted by atomic mass is 10.2. The third-order valence-corrected chi connectivity index (χ3v) is 5.03. The largest absolute Gasteiger partial charge is 0.507 e. The summed E-state index contributed by atoms with van der Waals surface area (Å²) in [7, 11) is 0. The topological polar surface area (TPSA) is 159 Å². The van der Waals surface area contributed by atoms with Crippen molar-refractivity contribution in [3.05, 3.63) is 54.3 Å². The van der Waals surface area contributed by atoms with Crippen LogP contribution in [0.15, 0.2) is 47.6 Å². The van der Waals surface area contributed by atoms with Crippen LogP contribution in [0, 0.1) is 0 Å². The molecule has 0 fully saturated rings. The number of phenols is 1. The first-order valence-corrected chi connectivity index (χ1v) is 11.0. The van der Waals surface area contributed by atoms with Gasteiger partial charge in [0.15, 0.2) is 5.69 Å². The van der Waals surface area contributed by atoms with E-state index in [1.165, 1.54) is 35.1 Å². The highest BCUT2D eigenvalue weighted by Crippen LogP contribution is 2.37. The van der Waals surface area contributed by atoms with E-state index in [-0.39, 0.29) is 66.8 Å². The van der Waals surface area contributed by atoms with Gasteiger partial charge in [-0.25, -0.2) is 14.8 Å². The van der Waals surface area contributed by atoms with E-state index in [0.29, 0.717) is 0 Å². The fourth-order valence-corrected chi connectivity index (χ4v) is 3.31. The predicted octanol–water partition coefficient (Wildman–Crippen LogP) is 3.37. The molecule has 0 unspecified atom stereocenters. The summed E-state index contributed by atoms with van der Waals surface area (Å²) in [6, 6.07) is 3.68. The van der Waals surface area contributed by atoms with Crippen LogP contribution in [0.5, 0.6) is 17.4 Å². The molecule has 0 bridgehead atoms. The summed E-state index contributed by atoms with van der Waals surface area (Å²) in [5, 5.41) is 22.0. The van der Waals surface area contributed by atoms with E-state index in [1.807, 2.05) is 0 Å². The Labute approximate surface area is 211 Å². The summed E-state index contributed by atoms with van der Waals surface area (Å²) in [5.41, 5.74) is -1.65. The van der Waals surface area contributed by atoms with Crippen LogP contribution in [0.4, 0.5) is 13.2 Å². The Kier molecular flexibility index (Phi) is 7.76. The van der Waals surface area contributed by atoms with Crippen molar-refractivity contribution in [2.24, 2.45) is 0 Å². The smallest absolute Gasteiger partial charge is 0.437 e. The highest BCUT2D eigenvalue weighted by Gasteiger charge is 2.38. The summed E-state index contributed by atoms with van der Waals surface area (Å²) in [4.78, 5) is 31.7. The zero-order chi connectivity index (χ0) is 27.3. The van der Waals surface area contributed by atoms with Gasteiger partial charge >= 0.3 is 18.1 Å². The van der Waals surface area contributed by atoms with Crippen LogP contribution in [0.1, 0.15) is 28.9 Å². The number of nitrogens with zero attached hydrogens (tertiary/aromatic N) is 4. The van der Waals surface area contributed by atoms with Crippen molar-refractivity contribution in [1.29, 1.82) is 0 Å². The van der Waals surface area contributed by atoms with Crippen molar-refractivity contribution in [3.8, 4) is 28.6 Å². The molecule has 0 saturated carbocycles. The number of esters is 2. The van der Waals surface area contributed by atoms with Gasteiger partial charge in [0.2, 0.25) is 5.65 Å².